The van der Waals surface area contributed by atoms with Crippen molar-refractivity contribution in [1.29, 1.82) is 0 Å². The Balaban J connectivity index is 2.37. The first kappa shape index (κ1) is 11.9. The van der Waals surface area contributed by atoms with E-state index in [4.69, 9.17) is 5.11 Å². The molecule has 1 heterocycles. The third kappa shape index (κ3) is 3.89. The number of aliphatic hydroxyl groups excluding tert-OH is 1. The van der Waals surface area contributed by atoms with Crippen LogP contribution in [0.4, 0.5) is 0 Å². The molecule has 0 saturated carbocycles. The molecule has 0 amide bonds. The number of aliphatic hydroxyl groups is 1. The van der Waals surface area contributed by atoms with Crippen molar-refractivity contribution in [3.8, 4) is 0 Å². The Bertz CT molecular complexity index is 259. The van der Waals surface area contributed by atoms with Gasteiger partial charge in [-0.15, -0.1) is 4.83 Å². The fraction of sp³-hybridized carbons (Fsp3) is 1.00. The highest BCUT2D eigenvalue weighted by Crippen LogP contribution is 1.97. The van der Waals surface area contributed by atoms with Gasteiger partial charge in [-0.05, 0) is 7.05 Å². The van der Waals surface area contributed by atoms with Gasteiger partial charge < -0.3 is 10.0 Å². The zero-order valence-corrected chi connectivity index (χ0v) is 9.13. The Morgan fingerprint density at radius 1 is 1.29 bits per heavy atom. The molecule has 1 aliphatic rings. The number of piperazine rings is 1. The molecule has 2 N–H and O–H groups in total. The normalized spacial score (nSPS) is 21.3. The van der Waals surface area contributed by atoms with Crippen LogP contribution in [0, 0.1) is 0 Å². The van der Waals surface area contributed by atoms with Crippen LogP contribution in [0.3, 0.4) is 0 Å². The first-order chi connectivity index (χ1) is 6.53. The molecule has 0 radical (unpaired) electrons. The highest BCUT2D eigenvalue weighted by Gasteiger charge is 2.18. The van der Waals surface area contributed by atoms with E-state index in [1.807, 2.05) is 7.05 Å². The van der Waals surface area contributed by atoms with E-state index >= 15 is 0 Å². The Morgan fingerprint density at radius 2 is 1.86 bits per heavy atom. The molecule has 0 unspecified atom stereocenters. The summed E-state index contributed by atoms with van der Waals surface area (Å²) in [7, 11) is -1.34. The monoisotopic (exact) mass is 223 g/mol. The van der Waals surface area contributed by atoms with Gasteiger partial charge in [-0.25, -0.2) is 13.4 Å². The van der Waals surface area contributed by atoms with Gasteiger partial charge in [0.1, 0.15) is 0 Å². The summed E-state index contributed by atoms with van der Waals surface area (Å²) in [5, 5.41) is 10.2. The molecular formula is C7H17N3O3S. The third-order valence-electron chi connectivity index (χ3n) is 2.13. The molecule has 6 nitrogen and oxygen atoms in total. The van der Waals surface area contributed by atoms with Crippen molar-refractivity contribution in [1.82, 2.24) is 14.7 Å². The van der Waals surface area contributed by atoms with Crippen LogP contribution in [-0.4, -0.2) is 69.0 Å². The molecule has 0 aromatic rings. The number of likely N-dealkylation sites (N-methyl/N-ethyl adjacent to an activating group) is 1. The predicted octanol–water partition coefficient (Wildman–Crippen LogP) is -1.94. The van der Waals surface area contributed by atoms with E-state index < -0.39 is 10.0 Å². The van der Waals surface area contributed by atoms with Crippen LogP contribution >= 0.6 is 0 Å². The highest BCUT2D eigenvalue weighted by atomic mass is 32.2. The Kier molecular flexibility index (Phi) is 4.27. The van der Waals surface area contributed by atoms with Crippen LogP contribution in [0.15, 0.2) is 0 Å². The molecule has 0 aromatic heterocycles. The first-order valence-electron chi connectivity index (χ1n) is 4.58. The maximum absolute atomic E-state index is 11.3. The average Bonchev–Trinajstić information content (AvgIpc) is 2.08. The summed E-state index contributed by atoms with van der Waals surface area (Å²) in [5.41, 5.74) is 0. The number of hydrazine groups is 1. The van der Waals surface area contributed by atoms with Crippen LogP contribution < -0.4 is 4.83 Å². The Labute approximate surface area is 84.5 Å². The molecule has 0 spiro atoms. The van der Waals surface area contributed by atoms with Crippen molar-refractivity contribution in [3.05, 3.63) is 0 Å². The van der Waals surface area contributed by atoms with E-state index in [0.717, 1.165) is 13.1 Å². The standard InChI is InChI=1S/C7H17N3O3S/c1-9-2-4-10(5-3-9)8-14(12,13)7-6-11/h8,11H,2-7H2,1H3. The number of sulfonamides is 1. The second-order valence-corrected chi connectivity index (χ2v) is 5.24. The van der Waals surface area contributed by atoms with Crippen LogP contribution in [0.2, 0.25) is 0 Å². The molecule has 0 aliphatic carbocycles. The van der Waals surface area contributed by atoms with Gasteiger partial charge in [0.05, 0.1) is 12.4 Å². The molecular weight excluding hydrogens is 206 g/mol. The highest BCUT2D eigenvalue weighted by molar-refractivity contribution is 7.89. The topological polar surface area (TPSA) is 72.9 Å². The van der Waals surface area contributed by atoms with Crippen molar-refractivity contribution < 1.29 is 13.5 Å². The van der Waals surface area contributed by atoms with E-state index in [1.165, 1.54) is 0 Å². The maximum atomic E-state index is 11.3. The SMILES string of the molecule is CN1CCN(NS(=O)(=O)CCO)CC1. The number of hydrogen-bond donors (Lipinski definition) is 2. The largest absolute Gasteiger partial charge is 0.395 e. The van der Waals surface area contributed by atoms with Gasteiger partial charge in [-0.3, -0.25) is 0 Å². The molecule has 84 valence electrons. The van der Waals surface area contributed by atoms with Crippen molar-refractivity contribution in [2.45, 2.75) is 0 Å². The van der Waals surface area contributed by atoms with Crippen LogP contribution in [-0.2, 0) is 10.0 Å². The minimum atomic E-state index is -3.34. The van der Waals surface area contributed by atoms with Gasteiger partial charge in [-0.2, -0.15) is 0 Å². The zero-order valence-electron chi connectivity index (χ0n) is 8.31. The van der Waals surface area contributed by atoms with Crippen molar-refractivity contribution >= 4 is 10.0 Å². The summed E-state index contributed by atoms with van der Waals surface area (Å²) >= 11 is 0. The molecule has 0 atom stereocenters. The quantitative estimate of drug-likeness (QED) is 0.580. The summed E-state index contributed by atoms with van der Waals surface area (Å²) < 4.78 is 22.5. The molecule has 0 bridgehead atoms. The fourth-order valence-electron chi connectivity index (χ4n) is 1.26. The summed E-state index contributed by atoms with van der Waals surface area (Å²) in [5.74, 6) is -0.237. The van der Waals surface area contributed by atoms with Gasteiger partial charge in [-0.1, -0.05) is 0 Å². The number of nitrogens with one attached hydrogen (secondary N) is 1. The summed E-state index contributed by atoms with van der Waals surface area (Å²) in [4.78, 5) is 4.57. The zero-order chi connectivity index (χ0) is 10.6. The van der Waals surface area contributed by atoms with Crippen LogP contribution in [0.5, 0.6) is 0 Å². The minimum Gasteiger partial charge on any atom is -0.395 e. The van der Waals surface area contributed by atoms with Gasteiger partial charge >= 0.3 is 0 Å². The lowest BCUT2D eigenvalue weighted by Gasteiger charge is -2.31. The first-order valence-corrected chi connectivity index (χ1v) is 6.23. The Hall–Kier alpha value is -0.210. The van der Waals surface area contributed by atoms with Crippen molar-refractivity contribution in [2.75, 3.05) is 45.6 Å². The molecule has 1 fully saturated rings. The molecule has 0 aromatic carbocycles. The molecule has 1 aliphatic heterocycles. The Morgan fingerprint density at radius 3 is 2.36 bits per heavy atom. The number of hydrogen-bond acceptors (Lipinski definition) is 5. The average molecular weight is 223 g/mol. The third-order valence-corrected chi connectivity index (χ3v) is 3.39. The smallest absolute Gasteiger partial charge is 0.226 e. The van der Waals surface area contributed by atoms with Gasteiger partial charge in [0.2, 0.25) is 10.0 Å². The van der Waals surface area contributed by atoms with E-state index in [9.17, 15) is 8.42 Å². The molecule has 14 heavy (non-hydrogen) atoms. The van der Waals surface area contributed by atoms with E-state index in [1.54, 1.807) is 5.01 Å². The summed E-state index contributed by atoms with van der Waals surface area (Å²) in [6.07, 6.45) is 0. The number of nitrogens with zero attached hydrogens (tertiary/aromatic N) is 2. The molecule has 7 heteroatoms. The van der Waals surface area contributed by atoms with E-state index in [2.05, 4.69) is 9.73 Å². The second-order valence-electron chi connectivity index (χ2n) is 3.42. The fourth-order valence-corrected chi connectivity index (χ4v) is 2.17. The van der Waals surface area contributed by atoms with Crippen molar-refractivity contribution in [2.24, 2.45) is 0 Å². The molecule has 1 saturated heterocycles. The lowest BCUT2D eigenvalue weighted by Crippen LogP contribution is -2.53. The van der Waals surface area contributed by atoms with Crippen LogP contribution in [0.1, 0.15) is 0 Å². The molecule has 1 rings (SSSR count). The lowest BCUT2D eigenvalue weighted by molar-refractivity contribution is 0.134. The summed E-state index contributed by atoms with van der Waals surface area (Å²) in [6.45, 7) is 2.72. The van der Waals surface area contributed by atoms with Gasteiger partial charge in [0.15, 0.2) is 0 Å². The number of rotatable bonds is 4. The second kappa shape index (κ2) is 5.04. The maximum Gasteiger partial charge on any atom is 0.226 e. The predicted molar refractivity (Wildman–Crippen MR) is 53.1 cm³/mol. The van der Waals surface area contributed by atoms with Crippen LogP contribution in [0.25, 0.3) is 0 Å². The van der Waals surface area contributed by atoms with Gasteiger partial charge in [0.25, 0.3) is 0 Å². The lowest BCUT2D eigenvalue weighted by atomic mass is 10.4. The van der Waals surface area contributed by atoms with E-state index in [-0.39, 0.29) is 12.4 Å². The summed E-state index contributed by atoms with van der Waals surface area (Å²) in [6, 6.07) is 0. The van der Waals surface area contributed by atoms with Gasteiger partial charge in [0, 0.05) is 26.2 Å². The van der Waals surface area contributed by atoms with Crippen molar-refractivity contribution in [3.63, 3.8) is 0 Å². The van der Waals surface area contributed by atoms with E-state index in [0.29, 0.717) is 13.1 Å². The minimum absolute atomic E-state index is 0.237.